The molecule has 0 saturated carbocycles. The summed E-state index contributed by atoms with van der Waals surface area (Å²) in [4.78, 5) is 3.07. The van der Waals surface area contributed by atoms with Crippen LogP contribution in [0.5, 0.6) is 5.75 Å². The molecule has 20 heavy (non-hydrogen) atoms. The summed E-state index contributed by atoms with van der Waals surface area (Å²) in [6, 6.07) is 3.42. The zero-order valence-corrected chi connectivity index (χ0v) is 13.5. The van der Waals surface area contributed by atoms with Crippen LogP contribution in [0.4, 0.5) is 4.39 Å². The first kappa shape index (κ1) is 15.4. The van der Waals surface area contributed by atoms with Crippen molar-refractivity contribution in [3.05, 3.63) is 22.7 Å². The van der Waals surface area contributed by atoms with Crippen molar-refractivity contribution in [3.63, 3.8) is 0 Å². The zero-order chi connectivity index (χ0) is 14.7. The molecule has 2 aromatic rings. The van der Waals surface area contributed by atoms with Gasteiger partial charge < -0.3 is 14.3 Å². The van der Waals surface area contributed by atoms with Gasteiger partial charge in [-0.05, 0) is 37.1 Å². The third-order valence-electron chi connectivity index (χ3n) is 3.31. The smallest absolute Gasteiger partial charge is 0.178 e. The molecule has 0 bridgehead atoms. The Morgan fingerprint density at radius 3 is 2.90 bits per heavy atom. The Kier molecular flexibility index (Phi) is 5.10. The lowest BCUT2D eigenvalue weighted by atomic mass is 10.2. The minimum Gasteiger partial charge on any atom is -0.494 e. The Balaban J connectivity index is 2.41. The fourth-order valence-corrected chi connectivity index (χ4v) is 3.43. The molecule has 6 heteroatoms. The standard InChI is InChI=1S/C14H19FN2OS2/c1-4-20-6-5-9(2)17-12-8-13(18-3)10(15)7-11(12)16-14(17)19/h7-9H,4-6H2,1-3H3,(H,16,19). The molecule has 0 aliphatic rings. The largest absolute Gasteiger partial charge is 0.494 e. The number of fused-ring (bicyclic) bond motifs is 1. The fraction of sp³-hybridized carbons (Fsp3) is 0.500. The van der Waals surface area contributed by atoms with Crippen LogP contribution in [-0.2, 0) is 0 Å². The van der Waals surface area contributed by atoms with E-state index >= 15 is 0 Å². The topological polar surface area (TPSA) is 29.9 Å². The van der Waals surface area contributed by atoms with Gasteiger partial charge in [-0.15, -0.1) is 0 Å². The average Bonchev–Trinajstić information content (AvgIpc) is 2.72. The molecule has 1 heterocycles. The van der Waals surface area contributed by atoms with Crippen LogP contribution < -0.4 is 4.74 Å². The number of hydrogen-bond acceptors (Lipinski definition) is 3. The van der Waals surface area contributed by atoms with E-state index in [1.807, 2.05) is 16.3 Å². The van der Waals surface area contributed by atoms with Gasteiger partial charge in [-0.2, -0.15) is 11.8 Å². The summed E-state index contributed by atoms with van der Waals surface area (Å²) >= 11 is 7.28. The van der Waals surface area contributed by atoms with Crippen molar-refractivity contribution < 1.29 is 9.13 Å². The first-order chi connectivity index (χ1) is 9.58. The molecule has 0 aliphatic heterocycles. The highest BCUT2D eigenvalue weighted by molar-refractivity contribution is 7.99. The van der Waals surface area contributed by atoms with Crippen LogP contribution in [0, 0.1) is 10.6 Å². The van der Waals surface area contributed by atoms with E-state index in [2.05, 4.69) is 18.8 Å². The van der Waals surface area contributed by atoms with E-state index in [0.717, 1.165) is 23.4 Å². The fourth-order valence-electron chi connectivity index (χ4n) is 2.25. The lowest BCUT2D eigenvalue weighted by Crippen LogP contribution is -2.06. The molecule has 0 radical (unpaired) electrons. The summed E-state index contributed by atoms with van der Waals surface area (Å²) in [5.41, 5.74) is 1.60. The number of aromatic nitrogens is 2. The first-order valence-corrected chi connectivity index (χ1v) is 8.20. The van der Waals surface area contributed by atoms with E-state index in [1.165, 1.54) is 13.2 Å². The SMILES string of the molecule is CCSCCC(C)n1c(=S)[nH]c2cc(F)c(OC)cc21. The van der Waals surface area contributed by atoms with Gasteiger partial charge in [-0.3, -0.25) is 0 Å². The number of nitrogens with one attached hydrogen (secondary N) is 1. The number of methoxy groups -OCH3 is 1. The number of rotatable bonds is 6. The highest BCUT2D eigenvalue weighted by Gasteiger charge is 2.14. The van der Waals surface area contributed by atoms with Gasteiger partial charge in [0.25, 0.3) is 0 Å². The number of imidazole rings is 1. The second-order valence-electron chi connectivity index (χ2n) is 4.64. The molecule has 1 atom stereocenters. The number of thioether (sulfide) groups is 1. The zero-order valence-electron chi connectivity index (χ0n) is 11.9. The monoisotopic (exact) mass is 314 g/mol. The third kappa shape index (κ3) is 3.01. The van der Waals surface area contributed by atoms with Crippen LogP contribution in [0.1, 0.15) is 26.3 Å². The minimum atomic E-state index is -0.377. The van der Waals surface area contributed by atoms with Gasteiger partial charge >= 0.3 is 0 Å². The van der Waals surface area contributed by atoms with Crippen molar-refractivity contribution in [2.75, 3.05) is 18.6 Å². The average molecular weight is 314 g/mol. The van der Waals surface area contributed by atoms with Gasteiger partial charge in [0.2, 0.25) is 0 Å². The molecule has 3 nitrogen and oxygen atoms in total. The maximum atomic E-state index is 13.7. The van der Waals surface area contributed by atoms with Gasteiger partial charge in [0.15, 0.2) is 16.3 Å². The molecular formula is C14H19FN2OS2. The second-order valence-corrected chi connectivity index (χ2v) is 6.42. The van der Waals surface area contributed by atoms with Crippen LogP contribution >= 0.6 is 24.0 Å². The van der Waals surface area contributed by atoms with Crippen LogP contribution in [0.3, 0.4) is 0 Å². The molecule has 0 amide bonds. The van der Waals surface area contributed by atoms with E-state index in [9.17, 15) is 4.39 Å². The van der Waals surface area contributed by atoms with Gasteiger partial charge in [0.1, 0.15) is 0 Å². The summed E-state index contributed by atoms with van der Waals surface area (Å²) < 4.78 is 21.4. The van der Waals surface area contributed by atoms with Crippen LogP contribution in [0.15, 0.2) is 12.1 Å². The Hall–Kier alpha value is -1.01. The molecule has 1 N–H and O–H groups in total. The van der Waals surface area contributed by atoms with Crippen LogP contribution in [0.25, 0.3) is 11.0 Å². The van der Waals surface area contributed by atoms with Crippen LogP contribution in [0.2, 0.25) is 0 Å². The van der Waals surface area contributed by atoms with Crippen LogP contribution in [-0.4, -0.2) is 28.2 Å². The predicted octanol–water partition coefficient (Wildman–Crippen LogP) is 4.55. The van der Waals surface area contributed by atoms with E-state index < -0.39 is 0 Å². The Bertz CT molecular complexity index is 650. The number of aromatic amines is 1. The first-order valence-electron chi connectivity index (χ1n) is 6.64. The molecule has 0 fully saturated rings. The van der Waals surface area contributed by atoms with Gasteiger partial charge in [-0.1, -0.05) is 6.92 Å². The minimum absolute atomic E-state index is 0.246. The summed E-state index contributed by atoms with van der Waals surface area (Å²) in [7, 11) is 1.47. The predicted molar refractivity (Wildman–Crippen MR) is 86.0 cm³/mol. The third-order valence-corrected chi connectivity index (χ3v) is 4.55. The maximum absolute atomic E-state index is 13.7. The van der Waals surface area contributed by atoms with Gasteiger partial charge in [0.05, 0.1) is 18.1 Å². The molecule has 0 saturated heterocycles. The lowest BCUT2D eigenvalue weighted by molar-refractivity contribution is 0.387. The number of H-pyrrole nitrogens is 1. The van der Waals surface area contributed by atoms with Crippen molar-refractivity contribution in [1.82, 2.24) is 9.55 Å². The van der Waals surface area contributed by atoms with E-state index in [4.69, 9.17) is 17.0 Å². The van der Waals surface area contributed by atoms with Crippen molar-refractivity contribution in [1.29, 1.82) is 0 Å². The lowest BCUT2D eigenvalue weighted by Gasteiger charge is -2.14. The van der Waals surface area contributed by atoms with E-state index in [0.29, 0.717) is 10.3 Å². The summed E-state index contributed by atoms with van der Waals surface area (Å²) in [5.74, 6) is 2.07. The van der Waals surface area contributed by atoms with Crippen molar-refractivity contribution >= 4 is 35.0 Å². The molecule has 0 aliphatic carbocycles. The quantitative estimate of drug-likeness (QED) is 0.626. The van der Waals surface area contributed by atoms with Crippen molar-refractivity contribution in [3.8, 4) is 5.75 Å². The van der Waals surface area contributed by atoms with E-state index in [1.54, 1.807) is 6.07 Å². The number of benzene rings is 1. The van der Waals surface area contributed by atoms with Gasteiger partial charge in [0, 0.05) is 18.2 Å². The number of hydrogen-bond donors (Lipinski definition) is 1. The maximum Gasteiger partial charge on any atom is 0.178 e. The Labute approximate surface area is 127 Å². The molecule has 110 valence electrons. The molecule has 1 aromatic carbocycles. The molecule has 1 unspecified atom stereocenters. The molecule has 2 rings (SSSR count). The molecule has 0 spiro atoms. The normalized spacial score (nSPS) is 12.8. The molecule has 1 aromatic heterocycles. The highest BCUT2D eigenvalue weighted by atomic mass is 32.2. The summed E-state index contributed by atoms with van der Waals surface area (Å²) in [6.45, 7) is 4.29. The van der Waals surface area contributed by atoms with Gasteiger partial charge in [-0.25, -0.2) is 4.39 Å². The van der Waals surface area contributed by atoms with Crippen molar-refractivity contribution in [2.24, 2.45) is 0 Å². The summed E-state index contributed by atoms with van der Waals surface area (Å²) in [5, 5.41) is 0. The van der Waals surface area contributed by atoms with E-state index in [-0.39, 0.29) is 17.6 Å². The second kappa shape index (κ2) is 6.63. The number of nitrogens with zero attached hydrogens (tertiary/aromatic N) is 1. The Morgan fingerprint density at radius 2 is 2.25 bits per heavy atom. The van der Waals surface area contributed by atoms with Crippen molar-refractivity contribution in [2.45, 2.75) is 26.3 Å². The Morgan fingerprint density at radius 1 is 1.50 bits per heavy atom. The summed E-state index contributed by atoms with van der Waals surface area (Å²) in [6.07, 6.45) is 1.03. The number of halogens is 1. The number of ether oxygens (including phenoxy) is 1. The molecular weight excluding hydrogens is 295 g/mol. The highest BCUT2D eigenvalue weighted by Crippen LogP contribution is 2.28.